The van der Waals surface area contributed by atoms with E-state index in [9.17, 15) is 0 Å². The first-order valence-electron chi connectivity index (χ1n) is 7.43. The molecule has 4 rings (SSSR count). The lowest BCUT2D eigenvalue weighted by Gasteiger charge is -2.02. The number of anilines is 1. The maximum absolute atomic E-state index is 4.40. The Morgan fingerprint density at radius 1 is 1.32 bits per heavy atom. The van der Waals surface area contributed by atoms with Crippen molar-refractivity contribution in [2.45, 2.75) is 33.1 Å². The number of rotatable bonds is 3. The molecule has 0 bridgehead atoms. The molecule has 0 unspecified atom stereocenters. The van der Waals surface area contributed by atoms with Gasteiger partial charge in [0.2, 0.25) is 0 Å². The van der Waals surface area contributed by atoms with Gasteiger partial charge >= 0.3 is 0 Å². The Bertz CT molecular complexity index is 874. The minimum atomic E-state index is 0.811. The van der Waals surface area contributed by atoms with Crippen LogP contribution in [0.25, 0.3) is 10.2 Å². The summed E-state index contributed by atoms with van der Waals surface area (Å²) in [6.07, 6.45) is 6.96. The Morgan fingerprint density at radius 3 is 3.05 bits per heavy atom. The zero-order valence-electron chi connectivity index (χ0n) is 12.6. The van der Waals surface area contributed by atoms with Crippen molar-refractivity contribution in [1.29, 1.82) is 0 Å². The van der Waals surface area contributed by atoms with Crippen molar-refractivity contribution in [3.05, 3.63) is 39.8 Å². The van der Waals surface area contributed by atoms with Gasteiger partial charge < -0.3 is 4.98 Å². The second-order valence-corrected chi connectivity index (χ2v) is 6.75. The van der Waals surface area contributed by atoms with Crippen LogP contribution in [0.2, 0.25) is 0 Å². The summed E-state index contributed by atoms with van der Waals surface area (Å²) in [5.41, 5.74) is 7.85. The van der Waals surface area contributed by atoms with Crippen molar-refractivity contribution < 1.29 is 0 Å². The second kappa shape index (κ2) is 5.21. The normalized spacial score (nSPS) is 14.1. The molecule has 22 heavy (non-hydrogen) atoms. The number of fused-ring (bicyclic) bond motifs is 3. The number of hydrazone groups is 1. The quantitative estimate of drug-likeness (QED) is 0.574. The standard InChI is InChI=1S/C16H17N5S/c1-9-6-11(10(2)20-9)7-19-21-15-14-12-4-3-5-13(12)22-16(14)18-8-17-15/h6-8,20H,3-5H2,1-2H3,(H,17,18,21)/b19-7+. The minimum absolute atomic E-state index is 0.811. The highest BCUT2D eigenvalue weighted by Crippen LogP contribution is 2.38. The lowest BCUT2D eigenvalue weighted by Crippen LogP contribution is -1.96. The Labute approximate surface area is 132 Å². The number of nitrogens with zero attached hydrogens (tertiary/aromatic N) is 3. The average molecular weight is 311 g/mol. The van der Waals surface area contributed by atoms with Crippen LogP contribution in [0.5, 0.6) is 0 Å². The molecule has 0 atom stereocenters. The number of aromatic amines is 1. The fourth-order valence-electron chi connectivity index (χ4n) is 3.06. The van der Waals surface area contributed by atoms with Gasteiger partial charge in [-0.1, -0.05) is 0 Å². The lowest BCUT2D eigenvalue weighted by atomic mass is 10.2. The molecule has 0 fully saturated rings. The third-order valence-corrected chi connectivity index (χ3v) is 5.26. The molecule has 3 aromatic heterocycles. The van der Waals surface area contributed by atoms with Crippen molar-refractivity contribution in [3.63, 3.8) is 0 Å². The number of aromatic nitrogens is 3. The van der Waals surface area contributed by atoms with Crippen LogP contribution in [0.3, 0.4) is 0 Å². The van der Waals surface area contributed by atoms with Gasteiger partial charge in [0, 0.05) is 21.8 Å². The van der Waals surface area contributed by atoms with E-state index in [-0.39, 0.29) is 0 Å². The average Bonchev–Trinajstić information content (AvgIpc) is 3.13. The van der Waals surface area contributed by atoms with Gasteiger partial charge in [0.25, 0.3) is 0 Å². The summed E-state index contributed by atoms with van der Waals surface area (Å²) in [4.78, 5) is 14.6. The van der Waals surface area contributed by atoms with Crippen LogP contribution in [0, 0.1) is 13.8 Å². The molecule has 0 saturated heterocycles. The molecule has 0 amide bonds. The largest absolute Gasteiger partial charge is 0.362 e. The van der Waals surface area contributed by atoms with Crippen LogP contribution in [0.4, 0.5) is 5.82 Å². The van der Waals surface area contributed by atoms with Gasteiger partial charge in [0.15, 0.2) is 5.82 Å². The first kappa shape index (κ1) is 13.5. The van der Waals surface area contributed by atoms with Crippen molar-refractivity contribution in [3.8, 4) is 0 Å². The summed E-state index contributed by atoms with van der Waals surface area (Å²) in [6, 6.07) is 2.08. The van der Waals surface area contributed by atoms with E-state index in [2.05, 4.69) is 31.5 Å². The van der Waals surface area contributed by atoms with Gasteiger partial charge in [0.05, 0.1) is 11.6 Å². The first-order valence-corrected chi connectivity index (χ1v) is 8.24. The third-order valence-electron chi connectivity index (χ3n) is 4.07. The van der Waals surface area contributed by atoms with E-state index in [0.29, 0.717) is 0 Å². The molecule has 0 aliphatic heterocycles. The highest BCUT2D eigenvalue weighted by Gasteiger charge is 2.20. The molecule has 6 heteroatoms. The molecular formula is C16H17N5S. The summed E-state index contributed by atoms with van der Waals surface area (Å²) in [6.45, 7) is 4.09. The summed E-state index contributed by atoms with van der Waals surface area (Å²) in [5.74, 6) is 0.811. The maximum atomic E-state index is 4.40. The Morgan fingerprint density at radius 2 is 2.23 bits per heavy atom. The second-order valence-electron chi connectivity index (χ2n) is 5.66. The molecule has 3 aromatic rings. The van der Waals surface area contributed by atoms with Gasteiger partial charge in [-0.2, -0.15) is 5.10 Å². The minimum Gasteiger partial charge on any atom is -0.362 e. The van der Waals surface area contributed by atoms with E-state index in [1.807, 2.05) is 20.1 Å². The summed E-state index contributed by atoms with van der Waals surface area (Å²) in [5, 5.41) is 5.51. The van der Waals surface area contributed by atoms with Gasteiger partial charge in [0.1, 0.15) is 11.2 Å². The number of H-pyrrole nitrogens is 1. The van der Waals surface area contributed by atoms with Crippen molar-refractivity contribution >= 4 is 33.6 Å². The molecule has 3 heterocycles. The van der Waals surface area contributed by atoms with E-state index >= 15 is 0 Å². The van der Waals surface area contributed by atoms with E-state index in [0.717, 1.165) is 39.4 Å². The monoisotopic (exact) mass is 311 g/mol. The molecule has 0 aromatic carbocycles. The third kappa shape index (κ3) is 2.20. The smallest absolute Gasteiger partial charge is 0.158 e. The molecule has 1 aliphatic rings. The van der Waals surface area contributed by atoms with Crippen LogP contribution in [-0.2, 0) is 12.8 Å². The Kier molecular flexibility index (Phi) is 3.18. The number of hydrogen-bond donors (Lipinski definition) is 2. The van der Waals surface area contributed by atoms with Gasteiger partial charge in [-0.3, -0.25) is 5.43 Å². The number of hydrogen-bond acceptors (Lipinski definition) is 5. The first-order chi connectivity index (χ1) is 10.7. The van der Waals surface area contributed by atoms with E-state index < -0.39 is 0 Å². The van der Waals surface area contributed by atoms with Gasteiger partial charge in [-0.25, -0.2) is 9.97 Å². The predicted molar refractivity (Wildman–Crippen MR) is 90.9 cm³/mol. The maximum Gasteiger partial charge on any atom is 0.158 e. The van der Waals surface area contributed by atoms with Crippen molar-refractivity contribution in [2.24, 2.45) is 5.10 Å². The Hall–Kier alpha value is -2.21. The Balaban J connectivity index is 1.66. The number of nitrogens with one attached hydrogen (secondary N) is 2. The fraction of sp³-hybridized carbons (Fsp3) is 0.312. The van der Waals surface area contributed by atoms with Crippen molar-refractivity contribution in [1.82, 2.24) is 15.0 Å². The number of thiophene rings is 1. The number of aryl methyl sites for hydroxylation is 4. The fourth-order valence-corrected chi connectivity index (χ4v) is 4.28. The molecular weight excluding hydrogens is 294 g/mol. The molecule has 5 nitrogen and oxygen atoms in total. The summed E-state index contributed by atoms with van der Waals surface area (Å²) < 4.78 is 0. The van der Waals surface area contributed by atoms with Crippen LogP contribution < -0.4 is 5.43 Å². The SMILES string of the molecule is Cc1cc(/C=N/Nc2ncnc3sc4c(c23)CCC4)c(C)[nH]1. The lowest BCUT2D eigenvalue weighted by molar-refractivity contribution is 0.917. The van der Waals surface area contributed by atoms with Crippen LogP contribution >= 0.6 is 11.3 Å². The molecule has 0 radical (unpaired) electrons. The zero-order valence-corrected chi connectivity index (χ0v) is 13.4. The molecule has 1 aliphatic carbocycles. The van der Waals surface area contributed by atoms with Crippen LogP contribution in [0.15, 0.2) is 17.5 Å². The molecule has 2 N–H and O–H groups in total. The van der Waals surface area contributed by atoms with E-state index in [1.165, 1.54) is 23.3 Å². The van der Waals surface area contributed by atoms with Gasteiger partial charge in [-0.05, 0) is 44.7 Å². The predicted octanol–water partition coefficient (Wildman–Crippen LogP) is 3.57. The van der Waals surface area contributed by atoms with Crippen molar-refractivity contribution in [2.75, 3.05) is 5.43 Å². The van der Waals surface area contributed by atoms with Crippen LogP contribution in [0.1, 0.15) is 33.8 Å². The zero-order chi connectivity index (χ0) is 15.1. The van der Waals surface area contributed by atoms with Crippen LogP contribution in [-0.4, -0.2) is 21.2 Å². The molecule has 0 saturated carbocycles. The highest BCUT2D eigenvalue weighted by molar-refractivity contribution is 7.19. The summed E-state index contributed by atoms with van der Waals surface area (Å²) in [7, 11) is 0. The highest BCUT2D eigenvalue weighted by atomic mass is 32.1. The summed E-state index contributed by atoms with van der Waals surface area (Å²) >= 11 is 1.79. The molecule has 0 spiro atoms. The molecule has 112 valence electrons. The van der Waals surface area contributed by atoms with E-state index in [1.54, 1.807) is 17.7 Å². The van der Waals surface area contributed by atoms with Gasteiger partial charge in [-0.15, -0.1) is 11.3 Å². The topological polar surface area (TPSA) is 66.0 Å². The van der Waals surface area contributed by atoms with E-state index in [4.69, 9.17) is 0 Å².